The quantitative estimate of drug-likeness (QED) is 0.769. The number of fused-ring (bicyclic) bond motifs is 1. The van der Waals surface area contributed by atoms with Crippen LogP contribution in [-0.2, 0) is 9.47 Å². The molecular weight excluding hydrogens is 322 g/mol. The summed E-state index contributed by atoms with van der Waals surface area (Å²) in [7, 11) is 0. The van der Waals surface area contributed by atoms with E-state index in [1.165, 1.54) is 0 Å². The minimum Gasteiger partial charge on any atom is -0.442 e. The monoisotopic (exact) mass is 347 g/mol. The van der Waals surface area contributed by atoms with Gasteiger partial charge >= 0.3 is 6.09 Å². The van der Waals surface area contributed by atoms with Crippen LogP contribution in [-0.4, -0.2) is 90.7 Å². The smallest absolute Gasteiger partial charge is 0.410 e. The van der Waals surface area contributed by atoms with E-state index in [1.807, 2.05) is 24.0 Å². The van der Waals surface area contributed by atoms with Gasteiger partial charge in [0.25, 0.3) is 0 Å². The molecule has 2 atom stereocenters. The van der Waals surface area contributed by atoms with Crippen LogP contribution >= 0.6 is 0 Å². The van der Waals surface area contributed by atoms with Crippen molar-refractivity contribution in [2.24, 2.45) is 0 Å². The third-order valence-corrected chi connectivity index (χ3v) is 5.21. The highest BCUT2D eigenvalue weighted by molar-refractivity contribution is 5.71. The Morgan fingerprint density at radius 2 is 2.00 bits per heavy atom. The van der Waals surface area contributed by atoms with Crippen LogP contribution in [0.2, 0.25) is 0 Å². The standard InChI is InChI=1S/C17H25N5O3/c1-13-3-4-16(19-18-13)21-11-14-15(12-21)25-17(23)22(14)6-2-5-20-7-9-24-10-8-20/h3-4,14-15H,2,5-12H2,1H3/t14-,15+/m0/s1. The zero-order chi connectivity index (χ0) is 17.2. The molecule has 0 saturated carbocycles. The number of aromatic nitrogens is 2. The Bertz CT molecular complexity index is 605. The number of hydrogen-bond acceptors (Lipinski definition) is 7. The molecule has 0 N–H and O–H groups in total. The van der Waals surface area contributed by atoms with E-state index in [4.69, 9.17) is 9.47 Å². The third kappa shape index (κ3) is 3.55. The molecule has 0 unspecified atom stereocenters. The largest absolute Gasteiger partial charge is 0.442 e. The van der Waals surface area contributed by atoms with Crippen molar-refractivity contribution >= 4 is 11.9 Å². The Morgan fingerprint density at radius 3 is 2.76 bits per heavy atom. The molecule has 0 bridgehead atoms. The summed E-state index contributed by atoms with van der Waals surface area (Å²) in [4.78, 5) is 18.6. The second-order valence-corrected chi connectivity index (χ2v) is 6.93. The number of ether oxygens (including phenoxy) is 2. The molecule has 3 saturated heterocycles. The Hall–Kier alpha value is -1.93. The fourth-order valence-corrected chi connectivity index (χ4v) is 3.80. The van der Waals surface area contributed by atoms with Gasteiger partial charge in [0, 0.05) is 32.7 Å². The maximum atomic E-state index is 12.2. The number of carbonyl (C=O) groups excluding carboxylic acids is 1. The van der Waals surface area contributed by atoms with Crippen molar-refractivity contribution < 1.29 is 14.3 Å². The molecule has 3 aliphatic rings. The van der Waals surface area contributed by atoms with E-state index in [0.717, 1.165) is 63.9 Å². The Kier molecular flexibility index (Phi) is 4.72. The SMILES string of the molecule is Cc1ccc(N2C[C@H]3OC(=O)N(CCCN4CCOCC4)[C@H]3C2)nn1. The number of anilines is 1. The molecular formula is C17H25N5O3. The highest BCUT2D eigenvalue weighted by Crippen LogP contribution is 2.29. The molecule has 3 aliphatic heterocycles. The summed E-state index contributed by atoms with van der Waals surface area (Å²) in [5, 5.41) is 8.38. The van der Waals surface area contributed by atoms with Crippen LogP contribution in [0.15, 0.2) is 12.1 Å². The zero-order valence-electron chi connectivity index (χ0n) is 14.6. The average molecular weight is 347 g/mol. The van der Waals surface area contributed by atoms with Crippen molar-refractivity contribution in [2.45, 2.75) is 25.5 Å². The molecule has 0 radical (unpaired) electrons. The molecule has 8 heteroatoms. The number of hydrogen-bond donors (Lipinski definition) is 0. The van der Waals surface area contributed by atoms with E-state index in [0.29, 0.717) is 6.54 Å². The molecule has 3 fully saturated rings. The van der Waals surface area contributed by atoms with Crippen LogP contribution in [0.4, 0.5) is 10.6 Å². The maximum absolute atomic E-state index is 12.2. The summed E-state index contributed by atoms with van der Waals surface area (Å²) in [6, 6.07) is 4.05. The van der Waals surface area contributed by atoms with Crippen LogP contribution in [0.3, 0.4) is 0 Å². The number of carbonyl (C=O) groups is 1. The molecule has 1 amide bonds. The summed E-state index contributed by atoms with van der Waals surface area (Å²) < 4.78 is 11.0. The van der Waals surface area contributed by atoms with Gasteiger partial charge < -0.3 is 14.4 Å². The van der Waals surface area contributed by atoms with Gasteiger partial charge in [-0.25, -0.2) is 4.79 Å². The second-order valence-electron chi connectivity index (χ2n) is 6.93. The van der Waals surface area contributed by atoms with Gasteiger partial charge in [-0.15, -0.1) is 5.10 Å². The number of rotatable bonds is 5. The lowest BCUT2D eigenvalue weighted by Crippen LogP contribution is -2.41. The van der Waals surface area contributed by atoms with Crippen LogP contribution < -0.4 is 4.90 Å². The van der Waals surface area contributed by atoms with Gasteiger partial charge in [0.05, 0.1) is 31.5 Å². The maximum Gasteiger partial charge on any atom is 0.410 e. The van der Waals surface area contributed by atoms with Crippen LogP contribution in [0.25, 0.3) is 0 Å². The van der Waals surface area contributed by atoms with Crippen molar-refractivity contribution in [3.05, 3.63) is 17.8 Å². The van der Waals surface area contributed by atoms with Gasteiger partial charge in [-0.05, 0) is 25.5 Å². The van der Waals surface area contributed by atoms with Crippen LogP contribution in [0, 0.1) is 6.92 Å². The summed E-state index contributed by atoms with van der Waals surface area (Å²) in [6.45, 7) is 8.69. The first-order valence-corrected chi connectivity index (χ1v) is 9.03. The molecule has 4 heterocycles. The lowest BCUT2D eigenvalue weighted by Gasteiger charge is -2.28. The Morgan fingerprint density at radius 1 is 1.16 bits per heavy atom. The minimum absolute atomic E-state index is 0.0704. The van der Waals surface area contributed by atoms with Gasteiger partial charge in [0.2, 0.25) is 0 Å². The van der Waals surface area contributed by atoms with Gasteiger partial charge in [0.15, 0.2) is 5.82 Å². The molecule has 0 spiro atoms. The topological polar surface area (TPSA) is 71.0 Å². The first-order valence-electron chi connectivity index (χ1n) is 9.03. The van der Waals surface area contributed by atoms with Gasteiger partial charge in [-0.2, -0.15) is 5.10 Å². The average Bonchev–Trinajstić information content (AvgIpc) is 3.15. The predicted molar refractivity (Wildman–Crippen MR) is 91.6 cm³/mol. The van der Waals surface area contributed by atoms with Crippen LogP contribution in [0.1, 0.15) is 12.1 Å². The Balaban J connectivity index is 1.32. The summed E-state index contributed by atoms with van der Waals surface area (Å²) in [6.07, 6.45) is 0.716. The van der Waals surface area contributed by atoms with Crippen molar-refractivity contribution in [1.82, 2.24) is 20.0 Å². The van der Waals surface area contributed by atoms with Crippen molar-refractivity contribution in [3.8, 4) is 0 Å². The van der Waals surface area contributed by atoms with E-state index in [2.05, 4.69) is 20.0 Å². The first-order chi connectivity index (χ1) is 12.2. The molecule has 8 nitrogen and oxygen atoms in total. The predicted octanol–water partition coefficient (Wildman–Crippen LogP) is 0.517. The summed E-state index contributed by atoms with van der Waals surface area (Å²) in [5.41, 5.74) is 0.902. The van der Waals surface area contributed by atoms with Gasteiger partial charge in [-0.1, -0.05) is 0 Å². The highest BCUT2D eigenvalue weighted by atomic mass is 16.6. The number of aryl methyl sites for hydroxylation is 1. The van der Waals surface area contributed by atoms with E-state index in [1.54, 1.807) is 0 Å². The van der Waals surface area contributed by atoms with Crippen LogP contribution in [0.5, 0.6) is 0 Å². The molecule has 0 aliphatic carbocycles. The van der Waals surface area contributed by atoms with Gasteiger partial charge in [-0.3, -0.25) is 9.80 Å². The van der Waals surface area contributed by atoms with E-state index in [9.17, 15) is 4.79 Å². The molecule has 1 aromatic rings. The summed E-state index contributed by atoms with van der Waals surface area (Å²) >= 11 is 0. The molecule has 0 aromatic carbocycles. The molecule has 25 heavy (non-hydrogen) atoms. The zero-order valence-corrected chi connectivity index (χ0v) is 14.6. The first kappa shape index (κ1) is 16.5. The van der Waals surface area contributed by atoms with Crippen molar-refractivity contribution in [3.63, 3.8) is 0 Å². The van der Waals surface area contributed by atoms with Crippen molar-refractivity contribution in [2.75, 3.05) is 57.4 Å². The molecule has 136 valence electrons. The molecule has 4 rings (SSSR count). The Labute approximate surface area is 147 Å². The lowest BCUT2D eigenvalue weighted by atomic mass is 10.2. The number of morpholine rings is 1. The highest BCUT2D eigenvalue weighted by Gasteiger charge is 2.47. The van der Waals surface area contributed by atoms with Crippen molar-refractivity contribution in [1.29, 1.82) is 0 Å². The second kappa shape index (κ2) is 7.13. The lowest BCUT2D eigenvalue weighted by molar-refractivity contribution is 0.0363. The fourth-order valence-electron chi connectivity index (χ4n) is 3.80. The molecule has 1 aromatic heterocycles. The number of amides is 1. The fraction of sp³-hybridized carbons (Fsp3) is 0.706. The minimum atomic E-state index is -0.174. The third-order valence-electron chi connectivity index (χ3n) is 5.21. The van der Waals surface area contributed by atoms with E-state index < -0.39 is 0 Å². The van der Waals surface area contributed by atoms with E-state index >= 15 is 0 Å². The van der Waals surface area contributed by atoms with E-state index in [-0.39, 0.29) is 18.2 Å². The number of nitrogens with zero attached hydrogens (tertiary/aromatic N) is 5. The van der Waals surface area contributed by atoms with Gasteiger partial charge in [0.1, 0.15) is 6.10 Å². The normalized spacial score (nSPS) is 26.8. The summed E-state index contributed by atoms with van der Waals surface area (Å²) in [5.74, 6) is 0.851.